The van der Waals surface area contributed by atoms with Crippen molar-refractivity contribution in [3.05, 3.63) is 65.3 Å². The Morgan fingerprint density at radius 1 is 1.12 bits per heavy atom. The smallest absolute Gasteiger partial charge is 0.416 e. The van der Waals surface area contributed by atoms with Crippen LogP contribution in [0.15, 0.2) is 54.7 Å². The van der Waals surface area contributed by atoms with Gasteiger partial charge in [0.15, 0.2) is 0 Å². The largest absolute Gasteiger partial charge is 0.490 e. The van der Waals surface area contributed by atoms with E-state index in [9.17, 15) is 18.0 Å². The molecule has 1 unspecified atom stereocenters. The van der Waals surface area contributed by atoms with Gasteiger partial charge in [0.25, 0.3) is 0 Å². The maximum atomic E-state index is 13.2. The number of nitrogens with zero attached hydrogens (tertiary/aromatic N) is 1. The molecule has 4 nitrogen and oxygen atoms in total. The van der Waals surface area contributed by atoms with Crippen LogP contribution < -0.4 is 10.1 Å². The number of fused-ring (bicyclic) bond motifs is 1. The summed E-state index contributed by atoms with van der Waals surface area (Å²) in [6.45, 7) is 2.01. The summed E-state index contributed by atoms with van der Waals surface area (Å²) < 4.78 is 45.7. The lowest BCUT2D eigenvalue weighted by Gasteiger charge is -2.33. The number of amides is 1. The Hall–Kier alpha value is -2.80. The molecule has 0 spiro atoms. The van der Waals surface area contributed by atoms with E-state index in [1.54, 1.807) is 36.5 Å². The summed E-state index contributed by atoms with van der Waals surface area (Å²) in [5.41, 5.74) is 0.454. The Labute approximate surface area is 201 Å². The summed E-state index contributed by atoms with van der Waals surface area (Å²) in [5, 5.41) is 3.94. The molecule has 1 N–H and O–H groups in total. The van der Waals surface area contributed by atoms with E-state index in [1.807, 2.05) is 6.92 Å². The minimum absolute atomic E-state index is 0.00556. The highest BCUT2D eigenvalue weighted by Crippen LogP contribution is 2.37. The Kier molecular flexibility index (Phi) is 7.31. The second-order valence-electron chi connectivity index (χ2n) is 8.70. The van der Waals surface area contributed by atoms with Gasteiger partial charge in [-0.3, -0.25) is 9.78 Å². The molecule has 180 valence electrons. The van der Waals surface area contributed by atoms with Gasteiger partial charge in [-0.25, -0.2) is 0 Å². The Morgan fingerprint density at radius 2 is 1.82 bits per heavy atom. The highest BCUT2D eigenvalue weighted by molar-refractivity contribution is 6.30. The molecule has 0 bridgehead atoms. The van der Waals surface area contributed by atoms with Crippen LogP contribution in [-0.2, 0) is 11.0 Å². The maximum absolute atomic E-state index is 13.2. The molecular weight excluding hydrogens is 465 g/mol. The molecule has 1 saturated carbocycles. The third kappa shape index (κ3) is 5.63. The Morgan fingerprint density at radius 3 is 2.47 bits per heavy atom. The van der Waals surface area contributed by atoms with Gasteiger partial charge < -0.3 is 10.1 Å². The van der Waals surface area contributed by atoms with Crippen molar-refractivity contribution >= 4 is 34.1 Å². The number of nitrogens with one attached hydrogen (secondary N) is 1. The Balaban J connectivity index is 1.40. The van der Waals surface area contributed by atoms with Gasteiger partial charge in [-0.1, -0.05) is 18.5 Å². The van der Waals surface area contributed by atoms with Crippen molar-refractivity contribution < 1.29 is 22.7 Å². The number of hydrogen-bond acceptors (Lipinski definition) is 3. The zero-order chi connectivity index (χ0) is 24.3. The van der Waals surface area contributed by atoms with Gasteiger partial charge in [0, 0.05) is 28.2 Å². The zero-order valence-electron chi connectivity index (χ0n) is 18.7. The monoisotopic (exact) mass is 490 g/mol. The van der Waals surface area contributed by atoms with Crippen LogP contribution in [0.2, 0.25) is 5.02 Å². The van der Waals surface area contributed by atoms with Crippen LogP contribution in [-0.4, -0.2) is 17.0 Å². The van der Waals surface area contributed by atoms with Crippen LogP contribution in [0.25, 0.3) is 10.9 Å². The average Bonchev–Trinajstić information content (AvgIpc) is 2.81. The fourth-order valence-electron chi connectivity index (χ4n) is 4.69. The molecule has 34 heavy (non-hydrogen) atoms. The molecule has 1 amide bonds. The zero-order valence-corrected chi connectivity index (χ0v) is 19.5. The summed E-state index contributed by atoms with van der Waals surface area (Å²) in [5.74, 6) is 0.511. The number of hydrogen-bond donors (Lipinski definition) is 1. The summed E-state index contributed by atoms with van der Waals surface area (Å²) in [7, 11) is 0. The molecule has 0 saturated heterocycles. The van der Waals surface area contributed by atoms with Crippen molar-refractivity contribution in [2.24, 2.45) is 11.8 Å². The topological polar surface area (TPSA) is 51.2 Å². The summed E-state index contributed by atoms with van der Waals surface area (Å²) in [6, 6.07) is 12.1. The SMILES string of the molecule is CCC(C(=O)Nc1ccc(Cl)cc1)C1CCC(Oc2ccnc3ccc(C(F)(F)F)cc23)CC1. The number of rotatable bonds is 6. The quantitative estimate of drug-likeness (QED) is 0.389. The first-order chi connectivity index (χ1) is 16.2. The lowest BCUT2D eigenvalue weighted by Crippen LogP contribution is -2.34. The number of pyridine rings is 1. The highest BCUT2D eigenvalue weighted by Gasteiger charge is 2.33. The predicted octanol–water partition coefficient (Wildman–Crippen LogP) is 7.51. The molecule has 2 aromatic carbocycles. The van der Waals surface area contributed by atoms with E-state index < -0.39 is 11.7 Å². The van der Waals surface area contributed by atoms with E-state index in [0.29, 0.717) is 27.4 Å². The van der Waals surface area contributed by atoms with Crippen molar-refractivity contribution in [2.75, 3.05) is 5.32 Å². The van der Waals surface area contributed by atoms with E-state index in [0.717, 1.165) is 44.2 Å². The average molecular weight is 491 g/mol. The van der Waals surface area contributed by atoms with E-state index in [2.05, 4.69) is 10.3 Å². The number of aromatic nitrogens is 1. The maximum Gasteiger partial charge on any atom is 0.416 e. The third-order valence-electron chi connectivity index (χ3n) is 6.50. The van der Waals surface area contributed by atoms with Crippen LogP contribution in [0.1, 0.15) is 44.6 Å². The van der Waals surface area contributed by atoms with Gasteiger partial charge >= 0.3 is 6.18 Å². The van der Waals surface area contributed by atoms with E-state index >= 15 is 0 Å². The van der Waals surface area contributed by atoms with Gasteiger partial charge in [-0.15, -0.1) is 0 Å². The van der Waals surface area contributed by atoms with Crippen molar-refractivity contribution in [3.63, 3.8) is 0 Å². The number of carbonyl (C=O) groups excluding carboxylic acids is 1. The van der Waals surface area contributed by atoms with Crippen molar-refractivity contribution in [1.29, 1.82) is 0 Å². The molecule has 1 aliphatic carbocycles. The number of alkyl halides is 3. The second kappa shape index (κ2) is 10.2. The highest BCUT2D eigenvalue weighted by atomic mass is 35.5. The van der Waals surface area contributed by atoms with Gasteiger partial charge in [-0.05, 0) is 86.6 Å². The summed E-state index contributed by atoms with van der Waals surface area (Å²) >= 11 is 5.91. The van der Waals surface area contributed by atoms with Crippen LogP contribution in [0, 0.1) is 11.8 Å². The second-order valence-corrected chi connectivity index (χ2v) is 9.14. The fraction of sp³-hybridized carbons (Fsp3) is 0.385. The molecule has 1 aliphatic rings. The normalized spacial score (nSPS) is 19.6. The van der Waals surface area contributed by atoms with Crippen LogP contribution in [0.3, 0.4) is 0 Å². The van der Waals surface area contributed by atoms with Gasteiger partial charge in [0.2, 0.25) is 5.91 Å². The molecule has 1 atom stereocenters. The standard InChI is InChI=1S/C26H26ClF3N2O2/c1-2-21(25(33)32-19-8-6-18(27)7-9-19)16-3-10-20(11-4-16)34-24-13-14-31-23-12-5-17(15-22(23)24)26(28,29)30/h5-9,12-16,20-21H,2-4,10-11H2,1H3,(H,32,33). The minimum Gasteiger partial charge on any atom is -0.490 e. The lowest BCUT2D eigenvalue weighted by molar-refractivity contribution is -0.137. The number of halogens is 4. The first kappa shape index (κ1) is 24.3. The number of carbonyl (C=O) groups is 1. The molecule has 0 radical (unpaired) electrons. The van der Waals surface area contributed by atoms with Gasteiger partial charge in [0.1, 0.15) is 5.75 Å². The minimum atomic E-state index is -4.43. The fourth-order valence-corrected chi connectivity index (χ4v) is 4.82. The third-order valence-corrected chi connectivity index (χ3v) is 6.75. The summed E-state index contributed by atoms with van der Waals surface area (Å²) in [6.07, 6.45) is 0.822. The summed E-state index contributed by atoms with van der Waals surface area (Å²) in [4.78, 5) is 17.0. The van der Waals surface area contributed by atoms with E-state index in [4.69, 9.17) is 16.3 Å². The van der Waals surface area contributed by atoms with Crippen LogP contribution in [0.4, 0.5) is 18.9 Å². The van der Waals surface area contributed by atoms with Gasteiger partial charge in [0.05, 0.1) is 17.2 Å². The number of anilines is 1. The number of benzene rings is 2. The van der Waals surface area contributed by atoms with E-state index in [1.165, 1.54) is 6.07 Å². The van der Waals surface area contributed by atoms with Crippen LogP contribution in [0.5, 0.6) is 5.75 Å². The van der Waals surface area contributed by atoms with E-state index in [-0.39, 0.29) is 23.8 Å². The first-order valence-corrected chi connectivity index (χ1v) is 11.8. The van der Waals surface area contributed by atoms with Crippen molar-refractivity contribution in [1.82, 2.24) is 4.98 Å². The van der Waals surface area contributed by atoms with Crippen LogP contribution >= 0.6 is 11.6 Å². The van der Waals surface area contributed by atoms with Crippen molar-refractivity contribution in [3.8, 4) is 5.75 Å². The first-order valence-electron chi connectivity index (χ1n) is 11.4. The molecule has 3 aromatic rings. The van der Waals surface area contributed by atoms with Gasteiger partial charge in [-0.2, -0.15) is 13.2 Å². The molecule has 4 rings (SSSR count). The lowest BCUT2D eigenvalue weighted by atomic mass is 9.77. The van der Waals surface area contributed by atoms with Crippen molar-refractivity contribution in [2.45, 2.75) is 51.3 Å². The molecule has 0 aliphatic heterocycles. The molecule has 1 aromatic heterocycles. The molecular formula is C26H26ClF3N2O2. The predicted molar refractivity (Wildman–Crippen MR) is 127 cm³/mol. The molecule has 8 heteroatoms. The molecule has 1 heterocycles. The number of ether oxygens (including phenoxy) is 1. The molecule has 1 fully saturated rings. The Bertz CT molecular complexity index is 1140.